The number of carbonyl (C=O) groups is 1. The molecule has 1 fully saturated rings. The van der Waals surface area contributed by atoms with Crippen molar-refractivity contribution in [2.24, 2.45) is 0 Å². The predicted molar refractivity (Wildman–Crippen MR) is 52.4 cm³/mol. The Hall–Kier alpha value is -1.59. The van der Waals surface area contributed by atoms with Gasteiger partial charge in [-0.15, -0.1) is 0 Å². The fraction of sp³-hybridized carbons (Fsp3) is 0.667. The van der Waals surface area contributed by atoms with Gasteiger partial charge in [0.1, 0.15) is 0 Å². The molecule has 1 aliphatic rings. The van der Waals surface area contributed by atoms with Gasteiger partial charge in [-0.25, -0.2) is 4.79 Å². The summed E-state index contributed by atoms with van der Waals surface area (Å²) in [5.74, 6) is 1.48. The number of urea groups is 1. The summed E-state index contributed by atoms with van der Waals surface area (Å²) in [6.45, 7) is 5.66. The summed E-state index contributed by atoms with van der Waals surface area (Å²) < 4.78 is 5.04. The second kappa shape index (κ2) is 3.88. The van der Waals surface area contributed by atoms with Crippen LogP contribution in [0.2, 0.25) is 0 Å². The Morgan fingerprint density at radius 2 is 2.40 bits per heavy atom. The molecule has 0 radical (unpaired) electrons. The minimum atomic E-state index is -0.0232. The minimum absolute atomic E-state index is 0.0232. The zero-order valence-electron chi connectivity index (χ0n) is 8.86. The van der Waals surface area contributed by atoms with E-state index in [0.717, 1.165) is 0 Å². The van der Waals surface area contributed by atoms with Gasteiger partial charge < -0.3 is 14.7 Å². The molecule has 1 N–H and O–H groups in total. The first-order valence-corrected chi connectivity index (χ1v) is 5.03. The Morgan fingerprint density at radius 3 is 2.93 bits per heavy atom. The molecule has 1 aromatic rings. The minimum Gasteiger partial charge on any atom is -0.339 e. The summed E-state index contributed by atoms with van der Waals surface area (Å²) in [7, 11) is 0. The Kier molecular flexibility index (Phi) is 2.57. The molecule has 82 valence electrons. The van der Waals surface area contributed by atoms with Crippen LogP contribution in [0, 0.1) is 6.92 Å². The number of aromatic nitrogens is 2. The zero-order valence-corrected chi connectivity index (χ0v) is 8.86. The maximum atomic E-state index is 11.4. The Labute approximate surface area is 87.6 Å². The second-order valence-corrected chi connectivity index (χ2v) is 3.62. The molecule has 0 saturated carbocycles. The molecule has 2 rings (SSSR count). The monoisotopic (exact) mass is 210 g/mol. The van der Waals surface area contributed by atoms with E-state index in [9.17, 15) is 4.79 Å². The average Bonchev–Trinajstić information content (AvgIpc) is 2.49. The molecule has 1 aromatic heterocycles. The molecule has 15 heavy (non-hydrogen) atoms. The van der Waals surface area contributed by atoms with Gasteiger partial charge in [-0.05, 0) is 13.8 Å². The highest BCUT2D eigenvalue weighted by Crippen LogP contribution is 2.25. The Bertz CT molecular complexity index is 357. The number of aryl methyl sites for hydroxylation is 1. The maximum Gasteiger partial charge on any atom is 0.317 e. The van der Waals surface area contributed by atoms with Gasteiger partial charge in [0.05, 0.1) is 5.92 Å². The molecule has 0 unspecified atom stereocenters. The second-order valence-electron chi connectivity index (χ2n) is 3.62. The third kappa shape index (κ3) is 1.93. The first-order valence-electron chi connectivity index (χ1n) is 5.03. The SMILES string of the molecule is CCNC(=O)N1CC(c2nc(C)no2)C1. The van der Waals surface area contributed by atoms with Crippen LogP contribution in [0.1, 0.15) is 24.6 Å². The lowest BCUT2D eigenvalue weighted by atomic mass is 10.0. The van der Waals surface area contributed by atoms with Gasteiger partial charge in [-0.1, -0.05) is 5.16 Å². The highest BCUT2D eigenvalue weighted by molar-refractivity contribution is 5.75. The van der Waals surface area contributed by atoms with Crippen LogP contribution >= 0.6 is 0 Å². The smallest absolute Gasteiger partial charge is 0.317 e. The average molecular weight is 210 g/mol. The number of likely N-dealkylation sites (tertiary alicyclic amines) is 1. The molecule has 2 amide bonds. The van der Waals surface area contributed by atoms with Crippen molar-refractivity contribution in [3.8, 4) is 0 Å². The zero-order chi connectivity index (χ0) is 10.8. The lowest BCUT2D eigenvalue weighted by Crippen LogP contribution is -2.52. The standard InChI is InChI=1S/C9H14N4O2/c1-3-10-9(14)13-4-7(5-13)8-11-6(2)12-15-8/h7H,3-5H2,1-2H3,(H,10,14). The normalized spacial score (nSPS) is 16.3. The van der Waals surface area contributed by atoms with Gasteiger partial charge in [0.15, 0.2) is 5.82 Å². The summed E-state index contributed by atoms with van der Waals surface area (Å²) in [6, 6.07) is -0.0232. The fourth-order valence-corrected chi connectivity index (χ4v) is 1.54. The summed E-state index contributed by atoms with van der Waals surface area (Å²) in [6.07, 6.45) is 0. The van der Waals surface area contributed by atoms with Crippen LogP contribution in [0.3, 0.4) is 0 Å². The first kappa shape index (κ1) is 9.95. The highest BCUT2D eigenvalue weighted by Gasteiger charge is 2.35. The number of rotatable bonds is 2. The molecule has 0 spiro atoms. The fourth-order valence-electron chi connectivity index (χ4n) is 1.54. The third-order valence-corrected chi connectivity index (χ3v) is 2.39. The van der Waals surface area contributed by atoms with Crippen molar-refractivity contribution in [1.82, 2.24) is 20.4 Å². The summed E-state index contributed by atoms with van der Waals surface area (Å²) in [5, 5.41) is 6.47. The van der Waals surface area contributed by atoms with E-state index in [4.69, 9.17) is 4.52 Å². The third-order valence-electron chi connectivity index (χ3n) is 2.39. The van der Waals surface area contributed by atoms with Crippen LogP contribution in [0.15, 0.2) is 4.52 Å². The van der Waals surface area contributed by atoms with Crippen LogP contribution in [0.25, 0.3) is 0 Å². The molecule has 6 heteroatoms. The van der Waals surface area contributed by atoms with Crippen molar-refractivity contribution in [1.29, 1.82) is 0 Å². The van der Waals surface area contributed by atoms with E-state index in [1.54, 1.807) is 11.8 Å². The number of nitrogens with zero attached hydrogens (tertiary/aromatic N) is 3. The van der Waals surface area contributed by atoms with Gasteiger partial charge >= 0.3 is 6.03 Å². The summed E-state index contributed by atoms with van der Waals surface area (Å²) >= 11 is 0. The number of carbonyl (C=O) groups excluding carboxylic acids is 1. The molecular formula is C9H14N4O2. The maximum absolute atomic E-state index is 11.4. The van der Waals surface area contributed by atoms with E-state index >= 15 is 0 Å². The van der Waals surface area contributed by atoms with Gasteiger partial charge in [0, 0.05) is 19.6 Å². The van der Waals surface area contributed by atoms with Crippen LogP contribution < -0.4 is 5.32 Å². The van der Waals surface area contributed by atoms with Gasteiger partial charge in [-0.3, -0.25) is 0 Å². The molecule has 0 aliphatic carbocycles. The molecule has 2 heterocycles. The number of hydrogen-bond donors (Lipinski definition) is 1. The van der Waals surface area contributed by atoms with E-state index < -0.39 is 0 Å². The van der Waals surface area contributed by atoms with Gasteiger partial charge in [0.25, 0.3) is 0 Å². The molecule has 1 saturated heterocycles. The van der Waals surface area contributed by atoms with Crippen LogP contribution in [0.4, 0.5) is 4.79 Å². The highest BCUT2D eigenvalue weighted by atomic mass is 16.5. The van der Waals surface area contributed by atoms with E-state index in [1.165, 1.54) is 0 Å². The summed E-state index contributed by atoms with van der Waals surface area (Å²) in [5.41, 5.74) is 0. The molecular weight excluding hydrogens is 196 g/mol. The van der Waals surface area contributed by atoms with E-state index in [2.05, 4.69) is 15.5 Å². The van der Waals surface area contributed by atoms with Gasteiger partial charge in [-0.2, -0.15) is 4.98 Å². The van der Waals surface area contributed by atoms with Crippen LogP contribution in [-0.2, 0) is 0 Å². The number of hydrogen-bond acceptors (Lipinski definition) is 4. The largest absolute Gasteiger partial charge is 0.339 e. The van der Waals surface area contributed by atoms with E-state index in [-0.39, 0.29) is 11.9 Å². The van der Waals surface area contributed by atoms with Gasteiger partial charge in [0.2, 0.25) is 5.89 Å². The van der Waals surface area contributed by atoms with Crippen LogP contribution in [-0.4, -0.2) is 40.7 Å². The molecule has 0 atom stereocenters. The Morgan fingerprint density at radius 1 is 1.67 bits per heavy atom. The predicted octanol–water partition coefficient (Wildman–Crippen LogP) is 0.507. The molecule has 6 nitrogen and oxygen atoms in total. The van der Waals surface area contributed by atoms with E-state index in [1.807, 2.05) is 6.92 Å². The van der Waals surface area contributed by atoms with Crippen molar-refractivity contribution in [2.45, 2.75) is 19.8 Å². The topological polar surface area (TPSA) is 71.3 Å². The van der Waals surface area contributed by atoms with Crippen molar-refractivity contribution < 1.29 is 9.32 Å². The first-order chi connectivity index (χ1) is 7.20. The van der Waals surface area contributed by atoms with Crippen molar-refractivity contribution >= 4 is 6.03 Å². The van der Waals surface area contributed by atoms with Crippen molar-refractivity contribution in [3.63, 3.8) is 0 Å². The van der Waals surface area contributed by atoms with E-state index in [0.29, 0.717) is 31.3 Å². The van der Waals surface area contributed by atoms with Crippen molar-refractivity contribution in [3.05, 3.63) is 11.7 Å². The lowest BCUT2D eigenvalue weighted by molar-refractivity contribution is 0.137. The van der Waals surface area contributed by atoms with Crippen LogP contribution in [0.5, 0.6) is 0 Å². The molecule has 0 aromatic carbocycles. The lowest BCUT2D eigenvalue weighted by Gasteiger charge is -2.36. The molecule has 1 aliphatic heterocycles. The number of amides is 2. The quantitative estimate of drug-likeness (QED) is 0.771. The van der Waals surface area contributed by atoms with Crippen molar-refractivity contribution in [2.75, 3.05) is 19.6 Å². The molecule has 0 bridgehead atoms. The summed E-state index contributed by atoms with van der Waals surface area (Å²) in [4.78, 5) is 17.2. The Balaban J connectivity index is 1.85. The number of nitrogens with one attached hydrogen (secondary N) is 1.